The largest absolute Gasteiger partial charge is 0.459 e. The van der Waals surface area contributed by atoms with Gasteiger partial charge in [0.1, 0.15) is 23.2 Å². The van der Waals surface area contributed by atoms with E-state index in [1.54, 1.807) is 13.0 Å². The third kappa shape index (κ3) is 4.79. The van der Waals surface area contributed by atoms with Gasteiger partial charge in [-0.1, -0.05) is 27.4 Å². The van der Waals surface area contributed by atoms with Crippen molar-refractivity contribution in [2.24, 2.45) is 0 Å². The third-order valence-corrected chi connectivity index (χ3v) is 3.40. The number of rotatable bonds is 7. The van der Waals surface area contributed by atoms with Crippen molar-refractivity contribution in [1.29, 1.82) is 0 Å². The fraction of sp³-hybridized carbons (Fsp3) is 0.333. The standard InChI is InChI=1S/C18H21F3O/c1-5-12(4)15-11-14(8-9-16(15)20)22-18(7-3)17(21)10-13(19)6-2/h6,8-12H,2,5,7H2,1,3-4H3/b13-10+,18-17-/t12-/m0/s1. The molecule has 22 heavy (non-hydrogen) atoms. The summed E-state index contributed by atoms with van der Waals surface area (Å²) in [6.45, 7) is 8.77. The van der Waals surface area contributed by atoms with Gasteiger partial charge in [-0.25, -0.2) is 13.2 Å². The lowest BCUT2D eigenvalue weighted by Gasteiger charge is -2.14. The second kappa shape index (κ2) is 8.47. The van der Waals surface area contributed by atoms with Gasteiger partial charge < -0.3 is 4.74 Å². The Kier molecular flexibility index (Phi) is 6.96. The molecule has 1 atom stereocenters. The van der Waals surface area contributed by atoms with Crippen molar-refractivity contribution in [1.82, 2.24) is 0 Å². The smallest absolute Gasteiger partial charge is 0.164 e. The van der Waals surface area contributed by atoms with Crippen molar-refractivity contribution in [2.45, 2.75) is 39.5 Å². The Hall–Kier alpha value is -1.97. The fourth-order valence-electron chi connectivity index (χ4n) is 1.88. The average molecular weight is 310 g/mol. The lowest BCUT2D eigenvalue weighted by molar-refractivity contribution is 0.382. The molecule has 0 heterocycles. The van der Waals surface area contributed by atoms with Gasteiger partial charge in [-0.3, -0.25) is 0 Å². The van der Waals surface area contributed by atoms with Gasteiger partial charge in [-0.2, -0.15) is 0 Å². The first-order valence-electron chi connectivity index (χ1n) is 7.28. The molecule has 0 radical (unpaired) electrons. The maximum absolute atomic E-state index is 13.9. The SMILES string of the molecule is C=C/C(F)=C\C(F)=C(/CC)Oc1ccc(F)c([C@@H](C)CC)c1. The molecule has 0 amide bonds. The van der Waals surface area contributed by atoms with Crippen LogP contribution in [-0.4, -0.2) is 0 Å². The summed E-state index contributed by atoms with van der Waals surface area (Å²) in [6.07, 6.45) is 2.64. The Morgan fingerprint density at radius 1 is 1.32 bits per heavy atom. The molecule has 4 heteroatoms. The van der Waals surface area contributed by atoms with Crippen LogP contribution in [0.2, 0.25) is 0 Å². The molecular formula is C18H21F3O. The average Bonchev–Trinajstić information content (AvgIpc) is 2.52. The molecule has 0 spiro atoms. The van der Waals surface area contributed by atoms with Gasteiger partial charge in [0.2, 0.25) is 0 Å². The Labute approximate surface area is 129 Å². The van der Waals surface area contributed by atoms with Crippen LogP contribution >= 0.6 is 0 Å². The van der Waals surface area contributed by atoms with E-state index < -0.39 is 11.7 Å². The van der Waals surface area contributed by atoms with E-state index in [4.69, 9.17) is 4.74 Å². The highest BCUT2D eigenvalue weighted by Gasteiger charge is 2.13. The number of ether oxygens (including phenoxy) is 1. The molecule has 0 aliphatic rings. The van der Waals surface area contributed by atoms with E-state index in [0.717, 1.165) is 12.5 Å². The molecule has 0 bridgehead atoms. The summed E-state index contributed by atoms with van der Waals surface area (Å²) in [6, 6.07) is 4.28. The minimum Gasteiger partial charge on any atom is -0.459 e. The molecule has 0 unspecified atom stereocenters. The van der Waals surface area contributed by atoms with E-state index in [0.29, 0.717) is 17.4 Å². The van der Waals surface area contributed by atoms with E-state index in [9.17, 15) is 13.2 Å². The summed E-state index contributed by atoms with van der Waals surface area (Å²) in [7, 11) is 0. The quantitative estimate of drug-likeness (QED) is 0.421. The minimum absolute atomic E-state index is 0.0151. The number of benzene rings is 1. The molecule has 0 aliphatic carbocycles. The molecule has 1 aromatic carbocycles. The van der Waals surface area contributed by atoms with Crippen molar-refractivity contribution in [2.75, 3.05) is 0 Å². The number of allylic oxidation sites excluding steroid dienone is 5. The van der Waals surface area contributed by atoms with Gasteiger partial charge in [0, 0.05) is 12.5 Å². The normalized spacial score (nSPS) is 14.4. The summed E-state index contributed by atoms with van der Waals surface area (Å²) >= 11 is 0. The van der Waals surface area contributed by atoms with Crippen LogP contribution in [0.1, 0.15) is 45.1 Å². The van der Waals surface area contributed by atoms with Crippen molar-refractivity contribution < 1.29 is 17.9 Å². The Bertz CT molecular complexity index is 588. The summed E-state index contributed by atoms with van der Waals surface area (Å²) in [5, 5.41) is 0. The van der Waals surface area contributed by atoms with Gasteiger partial charge in [0.15, 0.2) is 5.83 Å². The second-order valence-corrected chi connectivity index (χ2v) is 4.95. The Morgan fingerprint density at radius 2 is 2.00 bits per heavy atom. The van der Waals surface area contributed by atoms with E-state index in [1.165, 1.54) is 12.1 Å². The monoisotopic (exact) mass is 310 g/mol. The Balaban J connectivity index is 3.11. The van der Waals surface area contributed by atoms with Crippen molar-refractivity contribution >= 4 is 0 Å². The highest BCUT2D eigenvalue weighted by Crippen LogP contribution is 2.28. The predicted molar refractivity (Wildman–Crippen MR) is 83.5 cm³/mol. The first-order chi connectivity index (χ1) is 10.4. The number of hydrogen-bond donors (Lipinski definition) is 0. The van der Waals surface area contributed by atoms with Gasteiger partial charge in [0.05, 0.1) is 0 Å². The molecule has 120 valence electrons. The molecular weight excluding hydrogens is 289 g/mol. The zero-order valence-corrected chi connectivity index (χ0v) is 13.1. The predicted octanol–water partition coefficient (Wildman–Crippen LogP) is 6.35. The highest BCUT2D eigenvalue weighted by atomic mass is 19.1. The lowest BCUT2D eigenvalue weighted by Crippen LogP contribution is -2.00. The zero-order valence-electron chi connectivity index (χ0n) is 13.1. The van der Waals surface area contributed by atoms with Crippen LogP contribution in [0.4, 0.5) is 13.2 Å². The number of halogens is 3. The minimum atomic E-state index is -0.811. The fourth-order valence-corrected chi connectivity index (χ4v) is 1.88. The van der Waals surface area contributed by atoms with Crippen LogP contribution in [0.25, 0.3) is 0 Å². The van der Waals surface area contributed by atoms with E-state index >= 15 is 0 Å². The molecule has 1 rings (SSSR count). The summed E-state index contributed by atoms with van der Waals surface area (Å²) < 4.78 is 46.2. The van der Waals surface area contributed by atoms with Crippen molar-refractivity contribution in [3.63, 3.8) is 0 Å². The van der Waals surface area contributed by atoms with Gasteiger partial charge in [-0.15, -0.1) is 0 Å². The van der Waals surface area contributed by atoms with Crippen LogP contribution in [0, 0.1) is 5.82 Å². The lowest BCUT2D eigenvalue weighted by atomic mass is 9.98. The first kappa shape index (κ1) is 18.1. The Morgan fingerprint density at radius 3 is 2.55 bits per heavy atom. The summed E-state index contributed by atoms with van der Waals surface area (Å²) in [5.41, 5.74) is 0.517. The molecule has 0 aliphatic heterocycles. The number of hydrogen-bond acceptors (Lipinski definition) is 1. The molecule has 0 saturated carbocycles. The van der Waals surface area contributed by atoms with Crippen LogP contribution in [0.15, 0.2) is 54.3 Å². The topological polar surface area (TPSA) is 9.23 Å². The van der Waals surface area contributed by atoms with E-state index in [-0.39, 0.29) is 23.9 Å². The molecule has 0 aromatic heterocycles. The summed E-state index contributed by atoms with van der Waals surface area (Å²) in [4.78, 5) is 0. The molecule has 0 fully saturated rings. The van der Waals surface area contributed by atoms with Gasteiger partial charge in [0.25, 0.3) is 0 Å². The van der Waals surface area contributed by atoms with Crippen molar-refractivity contribution in [3.05, 3.63) is 65.7 Å². The molecule has 1 aromatic rings. The highest BCUT2D eigenvalue weighted by molar-refractivity contribution is 5.34. The van der Waals surface area contributed by atoms with E-state index in [2.05, 4.69) is 6.58 Å². The second-order valence-electron chi connectivity index (χ2n) is 4.95. The molecule has 0 saturated heterocycles. The maximum Gasteiger partial charge on any atom is 0.164 e. The van der Waals surface area contributed by atoms with Gasteiger partial charge in [-0.05, 0) is 42.2 Å². The maximum atomic E-state index is 13.9. The van der Waals surface area contributed by atoms with Crippen LogP contribution in [-0.2, 0) is 0 Å². The molecule has 1 nitrogen and oxygen atoms in total. The molecule has 0 N–H and O–H groups in total. The van der Waals surface area contributed by atoms with E-state index in [1.807, 2.05) is 13.8 Å². The first-order valence-corrected chi connectivity index (χ1v) is 7.28. The van der Waals surface area contributed by atoms with Gasteiger partial charge >= 0.3 is 0 Å². The third-order valence-electron chi connectivity index (χ3n) is 3.40. The van der Waals surface area contributed by atoms with Crippen LogP contribution in [0.5, 0.6) is 5.75 Å². The van der Waals surface area contributed by atoms with Crippen LogP contribution in [0.3, 0.4) is 0 Å². The summed E-state index contributed by atoms with van der Waals surface area (Å²) in [5.74, 6) is -1.57. The van der Waals surface area contributed by atoms with Crippen molar-refractivity contribution in [3.8, 4) is 5.75 Å². The van der Waals surface area contributed by atoms with Crippen LogP contribution < -0.4 is 4.74 Å². The zero-order chi connectivity index (χ0) is 16.7.